The first-order valence-corrected chi connectivity index (χ1v) is 9.03. The Morgan fingerprint density at radius 2 is 2.19 bits per heavy atom. The number of H-pyrrole nitrogens is 1. The Kier molecular flexibility index (Phi) is 3.56. The highest BCUT2D eigenvalue weighted by atomic mass is 16.5. The van der Waals surface area contributed by atoms with E-state index in [2.05, 4.69) is 25.1 Å². The SMILES string of the molecule is CC(C)Oc1ccc2[nH]nc(-c3cc(N4C[C@@H]5CC4CO5)ncn3)c2c1. The van der Waals surface area contributed by atoms with Crippen LogP contribution in [0.25, 0.3) is 22.3 Å². The number of aromatic amines is 1. The van der Waals surface area contributed by atoms with Crippen molar-refractivity contribution < 1.29 is 9.47 Å². The van der Waals surface area contributed by atoms with Crippen molar-refractivity contribution in [2.24, 2.45) is 0 Å². The van der Waals surface area contributed by atoms with E-state index in [0.717, 1.165) is 53.4 Å². The summed E-state index contributed by atoms with van der Waals surface area (Å²) < 4.78 is 11.5. The third kappa shape index (κ3) is 2.59. The van der Waals surface area contributed by atoms with E-state index in [0.29, 0.717) is 12.1 Å². The van der Waals surface area contributed by atoms with Crippen LogP contribution >= 0.6 is 0 Å². The molecule has 2 aliphatic rings. The van der Waals surface area contributed by atoms with E-state index in [4.69, 9.17) is 9.47 Å². The molecule has 0 spiro atoms. The van der Waals surface area contributed by atoms with Gasteiger partial charge in [0.2, 0.25) is 0 Å². The number of fused-ring (bicyclic) bond motifs is 3. The number of ether oxygens (including phenoxy) is 2. The predicted octanol–water partition coefficient (Wildman–Crippen LogP) is 2.78. The number of morpholine rings is 1. The lowest BCUT2D eigenvalue weighted by Crippen LogP contribution is -2.37. The molecular formula is C19H21N5O2. The fourth-order valence-corrected chi connectivity index (χ4v) is 3.85. The molecule has 2 aliphatic heterocycles. The molecule has 1 N–H and O–H groups in total. The summed E-state index contributed by atoms with van der Waals surface area (Å²) in [5.41, 5.74) is 2.59. The highest BCUT2D eigenvalue weighted by Gasteiger charge is 2.39. The first-order valence-electron chi connectivity index (χ1n) is 9.03. The lowest BCUT2D eigenvalue weighted by Gasteiger charge is -2.27. The summed E-state index contributed by atoms with van der Waals surface area (Å²) in [5.74, 6) is 1.77. The van der Waals surface area contributed by atoms with Gasteiger partial charge in [-0.1, -0.05) is 0 Å². The van der Waals surface area contributed by atoms with Crippen molar-refractivity contribution in [3.8, 4) is 17.1 Å². The summed E-state index contributed by atoms with van der Waals surface area (Å²) >= 11 is 0. The van der Waals surface area contributed by atoms with Gasteiger partial charge in [-0.3, -0.25) is 5.10 Å². The molecule has 0 radical (unpaired) electrons. The molecule has 5 rings (SSSR count). The Morgan fingerprint density at radius 3 is 2.96 bits per heavy atom. The highest BCUT2D eigenvalue weighted by Crippen LogP contribution is 2.34. The standard InChI is InChI=1S/C19H21N5O2/c1-11(2)26-13-3-4-16-15(6-13)19(23-22-16)17-7-18(21-10-20-17)24-8-14-5-12(24)9-25-14/h3-4,6-7,10-12,14H,5,8-9H2,1-2H3,(H,22,23)/t12?,14-/m0/s1. The van der Waals surface area contributed by atoms with Gasteiger partial charge in [0.25, 0.3) is 0 Å². The number of rotatable bonds is 4. The van der Waals surface area contributed by atoms with Gasteiger partial charge in [-0.25, -0.2) is 9.97 Å². The fraction of sp³-hybridized carbons (Fsp3) is 0.421. The van der Waals surface area contributed by atoms with Crippen molar-refractivity contribution in [2.45, 2.75) is 38.5 Å². The Bertz CT molecular complexity index is 954. The second kappa shape index (κ2) is 5.95. The minimum atomic E-state index is 0.126. The van der Waals surface area contributed by atoms with Gasteiger partial charge in [-0.15, -0.1) is 0 Å². The fourth-order valence-electron chi connectivity index (χ4n) is 3.85. The molecule has 2 saturated heterocycles. The molecule has 1 unspecified atom stereocenters. The summed E-state index contributed by atoms with van der Waals surface area (Å²) in [6.07, 6.45) is 3.16. The molecule has 2 fully saturated rings. The van der Waals surface area contributed by atoms with Gasteiger partial charge >= 0.3 is 0 Å². The molecule has 2 bridgehead atoms. The number of hydrogen-bond donors (Lipinski definition) is 1. The molecule has 26 heavy (non-hydrogen) atoms. The average Bonchev–Trinajstić information content (AvgIpc) is 3.36. The first kappa shape index (κ1) is 15.6. The van der Waals surface area contributed by atoms with E-state index in [1.165, 1.54) is 0 Å². The summed E-state index contributed by atoms with van der Waals surface area (Å²) in [5, 5.41) is 8.57. The van der Waals surface area contributed by atoms with Gasteiger partial charge in [0.15, 0.2) is 0 Å². The van der Waals surface area contributed by atoms with Gasteiger partial charge in [-0.2, -0.15) is 5.10 Å². The zero-order valence-electron chi connectivity index (χ0n) is 14.8. The average molecular weight is 351 g/mol. The van der Waals surface area contributed by atoms with E-state index >= 15 is 0 Å². The molecule has 7 heteroatoms. The number of nitrogens with zero attached hydrogens (tertiary/aromatic N) is 4. The molecule has 0 saturated carbocycles. The zero-order valence-corrected chi connectivity index (χ0v) is 14.8. The van der Waals surface area contributed by atoms with Gasteiger partial charge in [-0.05, 0) is 38.5 Å². The molecule has 1 aromatic carbocycles. The van der Waals surface area contributed by atoms with Gasteiger partial charge in [0.1, 0.15) is 23.6 Å². The van der Waals surface area contributed by atoms with Gasteiger partial charge in [0, 0.05) is 18.0 Å². The van der Waals surface area contributed by atoms with E-state index < -0.39 is 0 Å². The highest BCUT2D eigenvalue weighted by molar-refractivity contribution is 5.93. The van der Waals surface area contributed by atoms with Crippen LogP contribution in [-0.2, 0) is 4.74 Å². The Balaban J connectivity index is 1.52. The zero-order chi connectivity index (χ0) is 17.7. The van der Waals surface area contributed by atoms with Crippen LogP contribution in [0.5, 0.6) is 5.75 Å². The van der Waals surface area contributed by atoms with Gasteiger partial charge in [0.05, 0.1) is 36.1 Å². The van der Waals surface area contributed by atoms with Crippen molar-refractivity contribution in [1.29, 1.82) is 0 Å². The van der Waals surface area contributed by atoms with E-state index in [1.54, 1.807) is 6.33 Å². The van der Waals surface area contributed by atoms with Crippen LogP contribution in [0.15, 0.2) is 30.6 Å². The molecule has 2 atom stereocenters. The maximum absolute atomic E-state index is 5.82. The minimum Gasteiger partial charge on any atom is -0.491 e. The largest absolute Gasteiger partial charge is 0.491 e. The number of anilines is 1. The maximum Gasteiger partial charge on any atom is 0.133 e. The molecule has 2 aromatic heterocycles. The van der Waals surface area contributed by atoms with E-state index in [1.807, 2.05) is 38.1 Å². The molecule has 3 aromatic rings. The normalized spacial score (nSPS) is 21.9. The second-order valence-corrected chi connectivity index (χ2v) is 7.20. The number of aromatic nitrogens is 4. The third-order valence-corrected chi connectivity index (χ3v) is 5.00. The lowest BCUT2D eigenvalue weighted by atomic mass is 10.1. The number of hydrogen-bond acceptors (Lipinski definition) is 6. The van der Waals surface area contributed by atoms with E-state index in [-0.39, 0.29) is 6.10 Å². The summed E-state index contributed by atoms with van der Waals surface area (Å²) in [7, 11) is 0. The van der Waals surface area contributed by atoms with Crippen molar-refractivity contribution in [3.05, 3.63) is 30.6 Å². The lowest BCUT2D eigenvalue weighted by molar-refractivity contribution is 0.0989. The van der Waals surface area contributed by atoms with Crippen LogP contribution < -0.4 is 9.64 Å². The van der Waals surface area contributed by atoms with Crippen LogP contribution in [0.1, 0.15) is 20.3 Å². The summed E-state index contributed by atoms with van der Waals surface area (Å²) in [4.78, 5) is 11.3. The number of benzene rings is 1. The van der Waals surface area contributed by atoms with Crippen molar-refractivity contribution >= 4 is 16.7 Å². The maximum atomic E-state index is 5.82. The van der Waals surface area contributed by atoms with Crippen molar-refractivity contribution in [2.75, 3.05) is 18.1 Å². The Hall–Kier alpha value is -2.67. The molecular weight excluding hydrogens is 330 g/mol. The molecule has 134 valence electrons. The van der Waals surface area contributed by atoms with Crippen molar-refractivity contribution in [1.82, 2.24) is 20.2 Å². The van der Waals surface area contributed by atoms with Crippen LogP contribution in [0.2, 0.25) is 0 Å². The molecule has 0 aliphatic carbocycles. The minimum absolute atomic E-state index is 0.126. The predicted molar refractivity (Wildman–Crippen MR) is 98.4 cm³/mol. The molecule has 4 heterocycles. The summed E-state index contributed by atoms with van der Waals surface area (Å²) in [6.45, 7) is 5.72. The van der Waals surface area contributed by atoms with Crippen LogP contribution in [0.3, 0.4) is 0 Å². The Labute approximate surface area is 151 Å². The van der Waals surface area contributed by atoms with Gasteiger partial charge < -0.3 is 14.4 Å². The third-order valence-electron chi connectivity index (χ3n) is 5.00. The topological polar surface area (TPSA) is 76.2 Å². The number of nitrogens with one attached hydrogen (secondary N) is 1. The molecule has 7 nitrogen and oxygen atoms in total. The van der Waals surface area contributed by atoms with Crippen LogP contribution in [-0.4, -0.2) is 51.6 Å². The molecule has 0 amide bonds. The Morgan fingerprint density at radius 1 is 1.27 bits per heavy atom. The van der Waals surface area contributed by atoms with E-state index in [9.17, 15) is 0 Å². The second-order valence-electron chi connectivity index (χ2n) is 7.20. The first-order chi connectivity index (χ1) is 12.7. The quantitative estimate of drug-likeness (QED) is 0.779. The smallest absolute Gasteiger partial charge is 0.133 e. The monoisotopic (exact) mass is 351 g/mol. The van der Waals surface area contributed by atoms with Crippen LogP contribution in [0.4, 0.5) is 5.82 Å². The summed E-state index contributed by atoms with van der Waals surface area (Å²) in [6, 6.07) is 8.40. The van der Waals surface area contributed by atoms with Crippen LogP contribution in [0, 0.1) is 0 Å². The van der Waals surface area contributed by atoms with Crippen molar-refractivity contribution in [3.63, 3.8) is 0 Å².